The predicted molar refractivity (Wildman–Crippen MR) is 90.1 cm³/mol. The lowest BCUT2D eigenvalue weighted by Gasteiger charge is -2.49. The lowest BCUT2D eigenvalue weighted by atomic mass is 9.53. The Morgan fingerprint density at radius 3 is 2.44 bits per heavy atom. The van der Waals surface area contributed by atoms with Crippen LogP contribution in [-0.2, 0) is 9.47 Å². The van der Waals surface area contributed by atoms with Crippen molar-refractivity contribution in [2.45, 2.75) is 45.0 Å². The Balaban J connectivity index is 2.34. The Morgan fingerprint density at radius 2 is 1.96 bits per heavy atom. The maximum Gasteiger partial charge on any atom is 0.217 e. The molecule has 0 aromatic carbocycles. The number of hydrogen-bond donors (Lipinski definition) is 1. The predicted octanol–water partition coefficient (Wildman–Crippen LogP) is 3.89. The minimum absolute atomic E-state index is 0.322. The summed E-state index contributed by atoms with van der Waals surface area (Å²) in [7, 11) is 0. The number of hydrogen-bond acceptors (Lipinski definition) is 7. The van der Waals surface area contributed by atoms with Crippen molar-refractivity contribution in [3.05, 3.63) is 22.4 Å². The second kappa shape index (κ2) is 5.85. The van der Waals surface area contributed by atoms with E-state index in [9.17, 15) is 15.8 Å². The summed E-state index contributed by atoms with van der Waals surface area (Å²) in [6.07, 6.45) is 0.762. The standard InChI is InChI=1S/C18H18N4O2S/c1-3-7-18-13(4-2)17(11-21,15(22)24-18)16(9-19,10-20)14(23-18)12-6-5-8-25-12/h5-6,8,13-14,22H,3-4,7H2,1-2H3. The molecule has 0 radical (unpaired) electrons. The average Bonchev–Trinajstić information content (AvgIpc) is 3.20. The van der Waals surface area contributed by atoms with Crippen molar-refractivity contribution in [2.24, 2.45) is 16.7 Å². The topological polar surface area (TPSA) is 114 Å². The number of rotatable bonds is 4. The van der Waals surface area contributed by atoms with Crippen LogP contribution >= 0.6 is 11.3 Å². The van der Waals surface area contributed by atoms with Gasteiger partial charge in [-0.05, 0) is 24.3 Å². The molecule has 1 N–H and O–H groups in total. The summed E-state index contributed by atoms with van der Waals surface area (Å²) in [6, 6.07) is 9.87. The summed E-state index contributed by atoms with van der Waals surface area (Å²) >= 11 is 1.37. The summed E-state index contributed by atoms with van der Waals surface area (Å²) in [4.78, 5) is 0.691. The highest BCUT2D eigenvalue weighted by Gasteiger charge is 2.79. The van der Waals surface area contributed by atoms with E-state index in [1.807, 2.05) is 25.3 Å². The fraction of sp³-hybridized carbons (Fsp3) is 0.556. The molecule has 4 unspecified atom stereocenters. The molecular weight excluding hydrogens is 336 g/mol. The first-order valence-electron chi connectivity index (χ1n) is 8.24. The van der Waals surface area contributed by atoms with Crippen molar-refractivity contribution < 1.29 is 9.47 Å². The number of nitriles is 3. The van der Waals surface area contributed by atoms with Crippen LogP contribution in [0.4, 0.5) is 0 Å². The van der Waals surface area contributed by atoms with Gasteiger partial charge in [0.05, 0.1) is 24.1 Å². The molecule has 3 heterocycles. The second-order valence-corrected chi connectivity index (χ2v) is 7.40. The quantitative estimate of drug-likeness (QED) is 0.881. The maximum absolute atomic E-state index is 10.1. The largest absolute Gasteiger partial charge is 0.447 e. The van der Waals surface area contributed by atoms with Gasteiger partial charge in [-0.2, -0.15) is 15.8 Å². The highest BCUT2D eigenvalue weighted by Crippen LogP contribution is 2.68. The molecule has 3 rings (SSSR count). The van der Waals surface area contributed by atoms with Gasteiger partial charge in [0.25, 0.3) is 0 Å². The minimum atomic E-state index is -1.84. The Hall–Kier alpha value is -2.40. The smallest absolute Gasteiger partial charge is 0.217 e. The first-order valence-corrected chi connectivity index (χ1v) is 9.12. The number of nitrogens with one attached hydrogen (secondary N) is 1. The van der Waals surface area contributed by atoms with E-state index in [1.54, 1.807) is 6.07 Å². The van der Waals surface area contributed by atoms with Gasteiger partial charge in [-0.1, -0.05) is 19.9 Å². The van der Waals surface area contributed by atoms with E-state index in [-0.39, 0.29) is 5.90 Å². The van der Waals surface area contributed by atoms with Crippen molar-refractivity contribution in [3.8, 4) is 18.2 Å². The molecule has 25 heavy (non-hydrogen) atoms. The number of thiophene rings is 1. The van der Waals surface area contributed by atoms with Crippen molar-refractivity contribution in [1.29, 1.82) is 21.2 Å². The molecule has 2 aliphatic rings. The normalized spacial score (nSPS) is 35.2. The lowest BCUT2D eigenvalue weighted by Crippen LogP contribution is -2.59. The molecule has 1 aromatic rings. The van der Waals surface area contributed by atoms with E-state index in [0.717, 1.165) is 6.42 Å². The first kappa shape index (κ1) is 17.4. The first-order chi connectivity index (χ1) is 12.0. The number of ether oxygens (including phenoxy) is 2. The fourth-order valence-corrected chi connectivity index (χ4v) is 5.18. The van der Waals surface area contributed by atoms with Gasteiger partial charge in [0.15, 0.2) is 5.41 Å². The summed E-state index contributed by atoms with van der Waals surface area (Å²) in [5, 5.41) is 40.4. The molecule has 1 aromatic heterocycles. The van der Waals surface area contributed by atoms with Crippen LogP contribution < -0.4 is 0 Å². The molecule has 7 heteroatoms. The Labute approximate surface area is 150 Å². The Bertz CT molecular complexity index is 802. The Morgan fingerprint density at radius 1 is 1.24 bits per heavy atom. The van der Waals surface area contributed by atoms with Crippen molar-refractivity contribution >= 4 is 17.2 Å². The van der Waals surface area contributed by atoms with Crippen LogP contribution in [0.5, 0.6) is 0 Å². The SMILES string of the molecule is CCCC12OC(=N)C(C#N)(C1CC)C(C#N)(C#N)C(c1cccs1)O2. The van der Waals surface area contributed by atoms with Gasteiger partial charge >= 0.3 is 0 Å². The fourth-order valence-electron chi connectivity index (χ4n) is 4.36. The zero-order valence-electron chi connectivity index (χ0n) is 14.1. The maximum atomic E-state index is 10.1. The van der Waals surface area contributed by atoms with Crippen LogP contribution in [0.25, 0.3) is 0 Å². The monoisotopic (exact) mass is 354 g/mol. The molecule has 128 valence electrons. The molecule has 0 saturated carbocycles. The molecule has 2 bridgehead atoms. The molecule has 0 spiro atoms. The van der Waals surface area contributed by atoms with E-state index in [2.05, 4.69) is 18.2 Å². The van der Waals surface area contributed by atoms with Crippen molar-refractivity contribution in [1.82, 2.24) is 0 Å². The molecule has 2 fully saturated rings. The molecule has 6 nitrogen and oxygen atoms in total. The summed E-state index contributed by atoms with van der Waals surface area (Å²) in [5.74, 6) is -2.02. The molecule has 2 aliphatic heterocycles. The molecule has 4 atom stereocenters. The average molecular weight is 354 g/mol. The van der Waals surface area contributed by atoms with Crippen LogP contribution in [-0.4, -0.2) is 11.7 Å². The van der Waals surface area contributed by atoms with Gasteiger partial charge in [0.2, 0.25) is 17.1 Å². The zero-order chi connectivity index (χ0) is 18.3. The van der Waals surface area contributed by atoms with Crippen molar-refractivity contribution in [3.63, 3.8) is 0 Å². The summed E-state index contributed by atoms with van der Waals surface area (Å²) in [5.41, 5.74) is -3.48. The van der Waals surface area contributed by atoms with E-state index in [1.165, 1.54) is 11.3 Å². The van der Waals surface area contributed by atoms with Crippen LogP contribution in [0.15, 0.2) is 17.5 Å². The zero-order valence-corrected chi connectivity index (χ0v) is 14.9. The van der Waals surface area contributed by atoms with Crippen LogP contribution in [0.2, 0.25) is 0 Å². The Kier molecular flexibility index (Phi) is 4.07. The van der Waals surface area contributed by atoms with Crippen molar-refractivity contribution in [2.75, 3.05) is 0 Å². The number of nitrogens with zero attached hydrogens (tertiary/aromatic N) is 3. The van der Waals surface area contributed by atoms with Crippen LogP contribution in [0, 0.1) is 56.2 Å². The number of fused-ring (bicyclic) bond motifs is 2. The summed E-state index contributed by atoms with van der Waals surface area (Å²) < 4.78 is 12.1. The third-order valence-electron chi connectivity index (χ3n) is 5.36. The van der Waals surface area contributed by atoms with Gasteiger partial charge < -0.3 is 9.47 Å². The highest BCUT2D eigenvalue weighted by molar-refractivity contribution is 7.10. The molecule has 2 saturated heterocycles. The van der Waals surface area contributed by atoms with Gasteiger partial charge in [0.1, 0.15) is 6.10 Å². The van der Waals surface area contributed by atoms with E-state index in [4.69, 9.17) is 14.9 Å². The van der Waals surface area contributed by atoms with E-state index in [0.29, 0.717) is 17.7 Å². The van der Waals surface area contributed by atoms with Gasteiger partial charge in [-0.25, -0.2) is 0 Å². The van der Waals surface area contributed by atoms with E-state index >= 15 is 0 Å². The highest BCUT2D eigenvalue weighted by atomic mass is 32.1. The van der Waals surface area contributed by atoms with Crippen LogP contribution in [0.3, 0.4) is 0 Å². The molecular formula is C18H18N4O2S. The molecule has 0 amide bonds. The third-order valence-corrected chi connectivity index (χ3v) is 6.27. The minimum Gasteiger partial charge on any atom is -0.447 e. The third kappa shape index (κ3) is 1.87. The lowest BCUT2D eigenvalue weighted by molar-refractivity contribution is -0.285. The van der Waals surface area contributed by atoms with Gasteiger partial charge in [-0.15, -0.1) is 11.3 Å². The van der Waals surface area contributed by atoms with Crippen LogP contribution in [0.1, 0.15) is 44.1 Å². The second-order valence-electron chi connectivity index (χ2n) is 6.42. The van der Waals surface area contributed by atoms with Gasteiger partial charge in [0, 0.05) is 11.3 Å². The van der Waals surface area contributed by atoms with Gasteiger partial charge in [-0.3, -0.25) is 5.41 Å². The van der Waals surface area contributed by atoms with E-state index < -0.39 is 28.6 Å². The summed E-state index contributed by atoms with van der Waals surface area (Å²) in [6.45, 7) is 3.85. The molecule has 0 aliphatic carbocycles.